The van der Waals surface area contributed by atoms with Gasteiger partial charge in [0.25, 0.3) is 0 Å². The predicted molar refractivity (Wildman–Crippen MR) is 77.7 cm³/mol. The van der Waals surface area contributed by atoms with Crippen LogP contribution in [-0.2, 0) is 9.47 Å². The summed E-state index contributed by atoms with van der Waals surface area (Å²) in [6.07, 6.45) is 4.04. The standard InChI is InChI=1S/C15H28N2O3/c1-15(2,3)20-14(18)17-12-5-4-10-19-13(12)11-6-8-16-9-7-11/h11-13,16H,4-10H2,1-3H3,(H,17,18)/t12-,13-/m0/s1. The van der Waals surface area contributed by atoms with Gasteiger partial charge in [0, 0.05) is 6.61 Å². The normalized spacial score (nSPS) is 28.9. The van der Waals surface area contributed by atoms with E-state index >= 15 is 0 Å². The zero-order valence-electron chi connectivity index (χ0n) is 12.9. The molecule has 2 saturated heterocycles. The molecule has 2 rings (SSSR count). The predicted octanol–water partition coefficient (Wildman–Crippen LogP) is 2.06. The number of ether oxygens (including phenoxy) is 2. The van der Waals surface area contributed by atoms with Gasteiger partial charge < -0.3 is 20.1 Å². The van der Waals surface area contributed by atoms with Gasteiger partial charge in [-0.2, -0.15) is 0 Å². The first-order valence-corrected chi connectivity index (χ1v) is 7.77. The molecule has 5 nitrogen and oxygen atoms in total. The van der Waals surface area contributed by atoms with Crippen LogP contribution in [0.1, 0.15) is 46.5 Å². The van der Waals surface area contributed by atoms with Crippen molar-refractivity contribution in [2.45, 2.75) is 64.2 Å². The molecule has 2 heterocycles. The topological polar surface area (TPSA) is 59.6 Å². The van der Waals surface area contributed by atoms with Crippen LogP contribution in [-0.4, -0.2) is 43.5 Å². The minimum absolute atomic E-state index is 0.0849. The number of alkyl carbamates (subject to hydrolysis) is 1. The van der Waals surface area contributed by atoms with E-state index in [0.29, 0.717) is 5.92 Å². The molecule has 0 aromatic rings. The SMILES string of the molecule is CC(C)(C)OC(=O)N[C@H]1CCCO[C@H]1C1CCNCC1. The molecule has 0 unspecified atom stereocenters. The fourth-order valence-corrected chi connectivity index (χ4v) is 3.05. The summed E-state index contributed by atoms with van der Waals surface area (Å²) in [5.41, 5.74) is -0.455. The average Bonchev–Trinajstić information content (AvgIpc) is 2.38. The maximum absolute atomic E-state index is 12.0. The molecule has 0 bridgehead atoms. The maximum Gasteiger partial charge on any atom is 0.407 e. The lowest BCUT2D eigenvalue weighted by Gasteiger charge is -2.39. The number of nitrogens with one attached hydrogen (secondary N) is 2. The van der Waals surface area contributed by atoms with Gasteiger partial charge in [-0.1, -0.05) is 0 Å². The van der Waals surface area contributed by atoms with E-state index in [1.165, 1.54) is 0 Å². The number of piperidine rings is 1. The third kappa shape index (κ3) is 4.63. The van der Waals surface area contributed by atoms with Crippen molar-refractivity contribution in [3.05, 3.63) is 0 Å². The second-order valence-corrected chi connectivity index (χ2v) is 6.82. The monoisotopic (exact) mass is 284 g/mol. The smallest absolute Gasteiger partial charge is 0.407 e. The third-order valence-electron chi connectivity index (χ3n) is 3.92. The summed E-state index contributed by atoms with van der Waals surface area (Å²) in [5.74, 6) is 0.538. The van der Waals surface area contributed by atoms with Gasteiger partial charge in [-0.25, -0.2) is 4.79 Å². The van der Waals surface area contributed by atoms with Gasteiger partial charge >= 0.3 is 6.09 Å². The molecule has 20 heavy (non-hydrogen) atoms. The van der Waals surface area contributed by atoms with Crippen LogP contribution in [0, 0.1) is 5.92 Å². The maximum atomic E-state index is 12.0. The molecule has 0 saturated carbocycles. The number of hydrogen-bond donors (Lipinski definition) is 2. The molecule has 0 aromatic carbocycles. The molecule has 2 N–H and O–H groups in total. The second-order valence-electron chi connectivity index (χ2n) is 6.82. The van der Waals surface area contributed by atoms with Crippen molar-refractivity contribution in [1.29, 1.82) is 0 Å². The van der Waals surface area contributed by atoms with E-state index in [1.54, 1.807) is 0 Å². The van der Waals surface area contributed by atoms with Crippen LogP contribution >= 0.6 is 0 Å². The highest BCUT2D eigenvalue weighted by atomic mass is 16.6. The van der Waals surface area contributed by atoms with Crippen LogP contribution in [0.4, 0.5) is 4.79 Å². The minimum Gasteiger partial charge on any atom is -0.444 e. The van der Waals surface area contributed by atoms with Crippen molar-refractivity contribution in [2.24, 2.45) is 5.92 Å². The highest BCUT2D eigenvalue weighted by molar-refractivity contribution is 5.68. The van der Waals surface area contributed by atoms with Crippen LogP contribution in [0.3, 0.4) is 0 Å². The lowest BCUT2D eigenvalue weighted by atomic mass is 9.85. The Morgan fingerprint density at radius 3 is 2.60 bits per heavy atom. The van der Waals surface area contributed by atoms with Crippen molar-refractivity contribution in [1.82, 2.24) is 10.6 Å². The van der Waals surface area contributed by atoms with Crippen molar-refractivity contribution in [3.63, 3.8) is 0 Å². The van der Waals surface area contributed by atoms with E-state index in [-0.39, 0.29) is 18.2 Å². The van der Waals surface area contributed by atoms with E-state index in [2.05, 4.69) is 10.6 Å². The first kappa shape index (κ1) is 15.6. The van der Waals surface area contributed by atoms with Crippen molar-refractivity contribution in [3.8, 4) is 0 Å². The molecule has 116 valence electrons. The lowest BCUT2D eigenvalue weighted by molar-refractivity contribution is -0.0523. The summed E-state index contributed by atoms with van der Waals surface area (Å²) in [7, 11) is 0. The van der Waals surface area contributed by atoms with Crippen LogP contribution in [0.15, 0.2) is 0 Å². The number of rotatable bonds is 2. The summed E-state index contributed by atoms with van der Waals surface area (Å²) in [6, 6.07) is 0.0849. The summed E-state index contributed by atoms with van der Waals surface area (Å²) in [4.78, 5) is 12.0. The third-order valence-corrected chi connectivity index (χ3v) is 3.92. The number of amides is 1. The van der Waals surface area contributed by atoms with Crippen molar-refractivity contribution >= 4 is 6.09 Å². The summed E-state index contributed by atoms with van der Waals surface area (Å²) < 4.78 is 11.3. The molecule has 0 aliphatic carbocycles. The summed E-state index contributed by atoms with van der Waals surface area (Å²) in [5, 5.41) is 6.39. The Morgan fingerprint density at radius 1 is 1.25 bits per heavy atom. The van der Waals surface area contributed by atoms with E-state index < -0.39 is 5.60 Å². The first-order chi connectivity index (χ1) is 9.46. The van der Waals surface area contributed by atoms with E-state index in [1.807, 2.05) is 20.8 Å². The average molecular weight is 284 g/mol. The van der Waals surface area contributed by atoms with Crippen LogP contribution in [0.25, 0.3) is 0 Å². The molecule has 0 radical (unpaired) electrons. The zero-order valence-corrected chi connectivity index (χ0v) is 12.9. The Balaban J connectivity index is 1.91. The van der Waals surface area contributed by atoms with Gasteiger partial charge in [-0.15, -0.1) is 0 Å². The fourth-order valence-electron chi connectivity index (χ4n) is 3.05. The number of hydrogen-bond acceptors (Lipinski definition) is 4. The number of carbonyl (C=O) groups is 1. The zero-order chi connectivity index (χ0) is 14.6. The van der Waals surface area contributed by atoms with Gasteiger partial charge in [-0.05, 0) is 65.5 Å². The largest absolute Gasteiger partial charge is 0.444 e. The van der Waals surface area contributed by atoms with E-state index in [0.717, 1.165) is 45.4 Å². The Kier molecular flexibility index (Phi) is 5.27. The summed E-state index contributed by atoms with van der Waals surface area (Å²) >= 11 is 0. The molecular weight excluding hydrogens is 256 g/mol. The summed E-state index contributed by atoms with van der Waals surface area (Å²) in [6.45, 7) is 8.55. The van der Waals surface area contributed by atoms with E-state index in [4.69, 9.17) is 9.47 Å². The second kappa shape index (κ2) is 6.76. The highest BCUT2D eigenvalue weighted by Crippen LogP contribution is 2.27. The number of carbonyl (C=O) groups excluding carboxylic acids is 1. The van der Waals surface area contributed by atoms with Gasteiger partial charge in [0.2, 0.25) is 0 Å². The van der Waals surface area contributed by atoms with Crippen LogP contribution < -0.4 is 10.6 Å². The molecule has 0 aromatic heterocycles. The molecule has 5 heteroatoms. The lowest BCUT2D eigenvalue weighted by Crippen LogP contribution is -2.52. The minimum atomic E-state index is -0.455. The van der Waals surface area contributed by atoms with Crippen LogP contribution in [0.5, 0.6) is 0 Å². The Hall–Kier alpha value is -0.810. The van der Waals surface area contributed by atoms with Gasteiger partial charge in [0.15, 0.2) is 0 Å². The molecular formula is C15H28N2O3. The quantitative estimate of drug-likeness (QED) is 0.815. The van der Waals surface area contributed by atoms with Gasteiger partial charge in [0.1, 0.15) is 5.60 Å². The van der Waals surface area contributed by atoms with Crippen molar-refractivity contribution < 1.29 is 14.3 Å². The molecule has 2 aliphatic rings. The Bertz CT molecular complexity index is 322. The fraction of sp³-hybridized carbons (Fsp3) is 0.933. The Labute approximate surface area is 121 Å². The molecule has 2 aliphatic heterocycles. The first-order valence-electron chi connectivity index (χ1n) is 7.77. The molecule has 0 spiro atoms. The van der Waals surface area contributed by atoms with Crippen molar-refractivity contribution in [2.75, 3.05) is 19.7 Å². The van der Waals surface area contributed by atoms with E-state index in [9.17, 15) is 4.79 Å². The molecule has 1 amide bonds. The Morgan fingerprint density at radius 2 is 1.95 bits per heavy atom. The van der Waals surface area contributed by atoms with Gasteiger partial charge in [0.05, 0.1) is 12.1 Å². The molecule has 2 fully saturated rings. The van der Waals surface area contributed by atoms with Gasteiger partial charge in [-0.3, -0.25) is 0 Å². The molecule has 2 atom stereocenters. The highest BCUT2D eigenvalue weighted by Gasteiger charge is 2.35. The van der Waals surface area contributed by atoms with Crippen LogP contribution in [0.2, 0.25) is 0 Å².